The van der Waals surface area contributed by atoms with Crippen LogP contribution in [0.2, 0.25) is 0 Å². The lowest BCUT2D eigenvalue weighted by atomic mass is 10.1. The smallest absolute Gasteiger partial charge is 0.434 e. The summed E-state index contributed by atoms with van der Waals surface area (Å²) < 4.78 is 41.6. The third-order valence-corrected chi connectivity index (χ3v) is 3.78. The van der Waals surface area contributed by atoms with E-state index >= 15 is 0 Å². The van der Waals surface area contributed by atoms with E-state index in [1.807, 2.05) is 0 Å². The van der Waals surface area contributed by atoms with Gasteiger partial charge in [-0.05, 0) is 31.5 Å². The number of aryl methyl sites for hydroxylation is 1. The number of benzene rings is 1. The lowest BCUT2D eigenvalue weighted by molar-refractivity contribution is -0.143. The predicted molar refractivity (Wildman–Crippen MR) is 87.1 cm³/mol. The first-order valence-corrected chi connectivity index (χ1v) is 7.88. The van der Waals surface area contributed by atoms with Crippen molar-refractivity contribution in [2.45, 2.75) is 26.4 Å². The molecular weight excluding hydrogens is 351 g/mol. The second-order valence-electron chi connectivity index (χ2n) is 5.68. The van der Waals surface area contributed by atoms with E-state index in [9.17, 15) is 22.8 Å². The van der Waals surface area contributed by atoms with Crippen LogP contribution in [0.1, 0.15) is 35.0 Å². The summed E-state index contributed by atoms with van der Waals surface area (Å²) in [6.45, 7) is 3.20. The van der Waals surface area contributed by atoms with E-state index in [0.717, 1.165) is 16.7 Å². The van der Waals surface area contributed by atoms with Crippen molar-refractivity contribution < 1.29 is 27.9 Å². The molecule has 0 aliphatic carbocycles. The molecule has 26 heavy (non-hydrogen) atoms. The predicted octanol–water partition coefficient (Wildman–Crippen LogP) is 3.14. The van der Waals surface area contributed by atoms with Gasteiger partial charge < -0.3 is 10.0 Å². The van der Waals surface area contributed by atoms with Gasteiger partial charge in [-0.25, -0.2) is 4.68 Å². The summed E-state index contributed by atoms with van der Waals surface area (Å²) in [5.41, 5.74) is -0.853. The molecule has 0 radical (unpaired) electrons. The number of halogens is 3. The summed E-state index contributed by atoms with van der Waals surface area (Å²) in [5, 5.41) is 12.5. The van der Waals surface area contributed by atoms with Crippen LogP contribution in [0.4, 0.5) is 13.2 Å². The van der Waals surface area contributed by atoms with Crippen molar-refractivity contribution in [1.82, 2.24) is 14.7 Å². The largest absolute Gasteiger partial charge is 0.481 e. The zero-order chi connectivity index (χ0) is 19.5. The number of carbonyl (C=O) groups is 2. The highest BCUT2D eigenvalue weighted by molar-refractivity contribution is 5.95. The van der Waals surface area contributed by atoms with E-state index in [-0.39, 0.29) is 25.2 Å². The molecule has 0 aliphatic heterocycles. The lowest BCUT2D eigenvalue weighted by Crippen LogP contribution is -2.34. The van der Waals surface area contributed by atoms with Crippen molar-refractivity contribution in [2.75, 3.05) is 13.1 Å². The highest BCUT2D eigenvalue weighted by Crippen LogP contribution is 2.34. The standard InChI is InChI=1S/C17H18F3N3O3/c1-3-22(8-7-14(24)25)16(26)13-10-21-23(15(13)17(18,19)20)12-6-4-5-11(2)9-12/h4-6,9-10H,3,7-8H2,1-2H3,(H,24,25). The van der Waals surface area contributed by atoms with Gasteiger partial charge in [-0.15, -0.1) is 0 Å². The van der Waals surface area contributed by atoms with Crippen molar-refractivity contribution in [1.29, 1.82) is 0 Å². The third kappa shape index (κ3) is 4.22. The molecule has 1 aromatic heterocycles. The van der Waals surface area contributed by atoms with Crippen LogP contribution < -0.4 is 0 Å². The van der Waals surface area contributed by atoms with Gasteiger partial charge in [0.2, 0.25) is 0 Å². The molecule has 1 aromatic carbocycles. The van der Waals surface area contributed by atoms with Crippen molar-refractivity contribution in [3.05, 3.63) is 47.3 Å². The van der Waals surface area contributed by atoms with Crippen LogP contribution in [-0.2, 0) is 11.0 Å². The van der Waals surface area contributed by atoms with Crippen molar-refractivity contribution in [2.24, 2.45) is 0 Å². The Balaban J connectivity index is 2.49. The minimum Gasteiger partial charge on any atom is -0.481 e. The number of alkyl halides is 3. The number of aromatic nitrogens is 2. The highest BCUT2D eigenvalue weighted by Gasteiger charge is 2.41. The van der Waals surface area contributed by atoms with Crippen LogP contribution in [-0.4, -0.2) is 44.8 Å². The quantitative estimate of drug-likeness (QED) is 0.849. The van der Waals surface area contributed by atoms with Crippen LogP contribution in [0.3, 0.4) is 0 Å². The van der Waals surface area contributed by atoms with E-state index in [0.29, 0.717) is 4.68 Å². The maximum Gasteiger partial charge on any atom is 0.434 e. The van der Waals surface area contributed by atoms with Crippen LogP contribution in [0.25, 0.3) is 5.69 Å². The Morgan fingerprint density at radius 2 is 2.00 bits per heavy atom. The van der Waals surface area contributed by atoms with Gasteiger partial charge in [-0.3, -0.25) is 9.59 Å². The van der Waals surface area contributed by atoms with Crippen LogP contribution in [0.5, 0.6) is 0 Å². The van der Waals surface area contributed by atoms with Gasteiger partial charge in [0.1, 0.15) is 0 Å². The molecule has 1 heterocycles. The fraction of sp³-hybridized carbons (Fsp3) is 0.353. The first-order chi connectivity index (χ1) is 12.1. The van der Waals surface area contributed by atoms with Crippen LogP contribution in [0, 0.1) is 6.92 Å². The first kappa shape index (κ1) is 19.5. The number of rotatable bonds is 6. The van der Waals surface area contributed by atoms with Gasteiger partial charge in [0, 0.05) is 13.1 Å². The summed E-state index contributed by atoms with van der Waals surface area (Å²) in [7, 11) is 0. The lowest BCUT2D eigenvalue weighted by Gasteiger charge is -2.21. The number of carboxylic acids is 1. The number of hydrogen-bond donors (Lipinski definition) is 1. The van der Waals surface area contributed by atoms with E-state index < -0.39 is 29.3 Å². The Morgan fingerprint density at radius 1 is 1.31 bits per heavy atom. The molecule has 6 nitrogen and oxygen atoms in total. The molecule has 140 valence electrons. The SMILES string of the molecule is CCN(CCC(=O)O)C(=O)c1cnn(-c2cccc(C)c2)c1C(F)(F)F. The molecule has 1 amide bonds. The Hall–Kier alpha value is -2.84. The van der Waals surface area contributed by atoms with Crippen LogP contribution in [0.15, 0.2) is 30.5 Å². The van der Waals surface area contributed by atoms with Gasteiger partial charge in [-0.2, -0.15) is 18.3 Å². The molecule has 0 bridgehead atoms. The molecule has 0 saturated carbocycles. The van der Waals surface area contributed by atoms with Crippen molar-refractivity contribution in [3.8, 4) is 5.69 Å². The maximum atomic E-state index is 13.6. The van der Waals surface area contributed by atoms with E-state index in [2.05, 4.69) is 5.10 Å². The Labute approximate surface area is 147 Å². The molecule has 0 saturated heterocycles. The Bertz CT molecular complexity index is 815. The molecular formula is C17H18F3N3O3. The summed E-state index contributed by atoms with van der Waals surface area (Å²) in [5.74, 6) is -2.04. The summed E-state index contributed by atoms with van der Waals surface area (Å²) in [4.78, 5) is 24.3. The van der Waals surface area contributed by atoms with E-state index in [1.165, 1.54) is 12.1 Å². The molecule has 1 N–H and O–H groups in total. The summed E-state index contributed by atoms with van der Waals surface area (Å²) >= 11 is 0. The first-order valence-electron chi connectivity index (χ1n) is 7.88. The fourth-order valence-electron chi connectivity index (χ4n) is 2.54. The average molecular weight is 369 g/mol. The monoisotopic (exact) mass is 369 g/mol. The molecule has 9 heteroatoms. The highest BCUT2D eigenvalue weighted by atomic mass is 19.4. The van der Waals surface area contributed by atoms with Crippen molar-refractivity contribution in [3.63, 3.8) is 0 Å². The van der Waals surface area contributed by atoms with Crippen LogP contribution >= 0.6 is 0 Å². The normalized spacial score (nSPS) is 11.4. The number of hydrogen-bond acceptors (Lipinski definition) is 3. The van der Waals surface area contributed by atoms with Gasteiger partial charge >= 0.3 is 12.1 Å². The molecule has 0 fully saturated rings. The molecule has 0 unspecified atom stereocenters. The van der Waals surface area contributed by atoms with Gasteiger partial charge in [0.25, 0.3) is 5.91 Å². The summed E-state index contributed by atoms with van der Waals surface area (Å²) in [6.07, 6.45) is -4.29. The third-order valence-electron chi connectivity index (χ3n) is 3.78. The van der Waals surface area contributed by atoms with E-state index in [1.54, 1.807) is 26.0 Å². The Kier molecular flexibility index (Phi) is 5.69. The summed E-state index contributed by atoms with van der Waals surface area (Å²) in [6, 6.07) is 6.32. The number of amides is 1. The van der Waals surface area contributed by atoms with Gasteiger partial charge in [0.05, 0.1) is 23.9 Å². The molecule has 2 aromatic rings. The number of nitrogens with zero attached hydrogens (tertiary/aromatic N) is 3. The molecule has 0 atom stereocenters. The number of carboxylic acid groups (broad SMARTS) is 1. The zero-order valence-electron chi connectivity index (χ0n) is 14.2. The van der Waals surface area contributed by atoms with Gasteiger partial charge in [-0.1, -0.05) is 12.1 Å². The molecule has 0 spiro atoms. The average Bonchev–Trinajstić information content (AvgIpc) is 3.00. The zero-order valence-corrected chi connectivity index (χ0v) is 14.2. The second kappa shape index (κ2) is 7.59. The van der Waals surface area contributed by atoms with Gasteiger partial charge in [0.15, 0.2) is 5.69 Å². The Morgan fingerprint density at radius 3 is 2.54 bits per heavy atom. The molecule has 0 aliphatic rings. The molecule has 2 rings (SSSR count). The topological polar surface area (TPSA) is 75.4 Å². The van der Waals surface area contributed by atoms with Crippen molar-refractivity contribution >= 4 is 11.9 Å². The minimum atomic E-state index is -4.81. The second-order valence-corrected chi connectivity index (χ2v) is 5.68. The minimum absolute atomic E-state index is 0.0824. The maximum absolute atomic E-state index is 13.6. The number of aliphatic carboxylic acids is 1. The number of carbonyl (C=O) groups excluding carboxylic acids is 1. The fourth-order valence-corrected chi connectivity index (χ4v) is 2.54. The van der Waals surface area contributed by atoms with E-state index in [4.69, 9.17) is 5.11 Å².